The number of hydrogen-bond donors (Lipinski definition) is 0. The summed E-state index contributed by atoms with van der Waals surface area (Å²) in [6.45, 7) is 4.27. The van der Waals surface area contributed by atoms with E-state index >= 15 is 0 Å². The number of hydrogen-bond acceptors (Lipinski definition) is 2. The number of halogens is 1. The summed E-state index contributed by atoms with van der Waals surface area (Å²) in [5.41, 5.74) is 2.95. The second-order valence-electron chi connectivity index (χ2n) is 3.43. The highest BCUT2D eigenvalue weighted by atomic mass is 127. The quantitative estimate of drug-likeness (QED) is 0.366. The van der Waals surface area contributed by atoms with Crippen LogP contribution in [-0.2, 0) is 9.53 Å². The Balaban J connectivity index is 2.87. The summed E-state index contributed by atoms with van der Waals surface area (Å²) in [5, 5.41) is 0. The first-order chi connectivity index (χ1) is 7.67. The number of aryl methyl sites for hydroxylation is 1. The Morgan fingerprint density at radius 2 is 2.00 bits per heavy atom. The molecule has 1 aromatic carbocycles. The number of benzene rings is 1. The topological polar surface area (TPSA) is 26.3 Å². The second kappa shape index (κ2) is 6.68. The van der Waals surface area contributed by atoms with Crippen molar-refractivity contribution >= 4 is 34.6 Å². The standard InChI is InChI=1S/C13H15IO2/c1-3-16-13(15)12(9-14)8-11-6-4-10(2)5-7-11/h4-8H,3,9H2,1-2H3/b12-8+. The van der Waals surface area contributed by atoms with E-state index in [0.717, 1.165) is 5.56 Å². The van der Waals surface area contributed by atoms with Gasteiger partial charge in [-0.05, 0) is 25.5 Å². The van der Waals surface area contributed by atoms with Gasteiger partial charge in [0.05, 0.1) is 6.61 Å². The van der Waals surface area contributed by atoms with Gasteiger partial charge in [0.1, 0.15) is 0 Å². The molecule has 3 heteroatoms. The monoisotopic (exact) mass is 330 g/mol. The molecule has 0 amide bonds. The maximum absolute atomic E-state index is 11.6. The van der Waals surface area contributed by atoms with Crippen LogP contribution in [-0.4, -0.2) is 17.0 Å². The molecule has 2 nitrogen and oxygen atoms in total. The molecule has 16 heavy (non-hydrogen) atoms. The van der Waals surface area contributed by atoms with Crippen molar-refractivity contribution in [3.63, 3.8) is 0 Å². The van der Waals surface area contributed by atoms with Crippen molar-refractivity contribution in [3.8, 4) is 0 Å². The molecular formula is C13H15IO2. The van der Waals surface area contributed by atoms with Crippen LogP contribution in [0.1, 0.15) is 18.1 Å². The Kier molecular flexibility index (Phi) is 5.52. The fourth-order valence-electron chi connectivity index (χ4n) is 1.24. The van der Waals surface area contributed by atoms with Crippen LogP contribution in [0.5, 0.6) is 0 Å². The van der Waals surface area contributed by atoms with Gasteiger partial charge >= 0.3 is 5.97 Å². The summed E-state index contributed by atoms with van der Waals surface area (Å²) < 4.78 is 5.64. The van der Waals surface area contributed by atoms with Crippen molar-refractivity contribution in [1.29, 1.82) is 0 Å². The molecule has 0 unspecified atom stereocenters. The van der Waals surface area contributed by atoms with Crippen LogP contribution in [0.2, 0.25) is 0 Å². The Labute approximate surface area is 110 Å². The van der Waals surface area contributed by atoms with E-state index < -0.39 is 0 Å². The maximum Gasteiger partial charge on any atom is 0.334 e. The molecule has 0 radical (unpaired) electrons. The average molecular weight is 330 g/mol. The molecule has 0 spiro atoms. The van der Waals surface area contributed by atoms with Gasteiger partial charge in [0.2, 0.25) is 0 Å². The predicted molar refractivity (Wildman–Crippen MR) is 74.7 cm³/mol. The molecular weight excluding hydrogens is 315 g/mol. The fraction of sp³-hybridized carbons (Fsp3) is 0.308. The Hall–Kier alpha value is -0.840. The second-order valence-corrected chi connectivity index (χ2v) is 4.20. The molecule has 0 aliphatic carbocycles. The molecule has 1 aromatic rings. The van der Waals surface area contributed by atoms with E-state index in [1.165, 1.54) is 5.56 Å². The summed E-state index contributed by atoms with van der Waals surface area (Å²) in [5.74, 6) is -0.225. The summed E-state index contributed by atoms with van der Waals surface area (Å²) >= 11 is 2.17. The van der Waals surface area contributed by atoms with Gasteiger partial charge in [-0.15, -0.1) is 0 Å². The Morgan fingerprint density at radius 3 is 2.50 bits per heavy atom. The first-order valence-corrected chi connectivity index (χ1v) is 6.70. The van der Waals surface area contributed by atoms with Crippen molar-refractivity contribution in [2.45, 2.75) is 13.8 Å². The van der Waals surface area contributed by atoms with Crippen LogP contribution >= 0.6 is 22.6 Å². The Bertz CT molecular complexity index is 379. The molecule has 0 saturated heterocycles. The van der Waals surface area contributed by atoms with Crippen molar-refractivity contribution in [1.82, 2.24) is 0 Å². The van der Waals surface area contributed by atoms with Crippen LogP contribution in [0, 0.1) is 6.92 Å². The van der Waals surface area contributed by atoms with Crippen LogP contribution in [0.15, 0.2) is 29.8 Å². The molecule has 0 saturated carbocycles. The lowest BCUT2D eigenvalue weighted by atomic mass is 10.1. The van der Waals surface area contributed by atoms with Crippen LogP contribution in [0.25, 0.3) is 6.08 Å². The van der Waals surface area contributed by atoms with E-state index in [1.807, 2.05) is 44.2 Å². The highest BCUT2D eigenvalue weighted by Crippen LogP contribution is 2.12. The van der Waals surface area contributed by atoms with E-state index in [-0.39, 0.29) is 5.97 Å². The molecule has 1 rings (SSSR count). The lowest BCUT2D eigenvalue weighted by molar-refractivity contribution is -0.138. The van der Waals surface area contributed by atoms with Crippen LogP contribution in [0.4, 0.5) is 0 Å². The zero-order chi connectivity index (χ0) is 12.0. The average Bonchev–Trinajstić information content (AvgIpc) is 2.28. The third-order valence-electron chi connectivity index (χ3n) is 2.10. The van der Waals surface area contributed by atoms with Gasteiger partial charge in [-0.2, -0.15) is 0 Å². The molecule has 0 aliphatic heterocycles. The van der Waals surface area contributed by atoms with Crippen molar-refractivity contribution in [2.75, 3.05) is 11.0 Å². The van der Waals surface area contributed by atoms with Crippen molar-refractivity contribution < 1.29 is 9.53 Å². The summed E-state index contributed by atoms with van der Waals surface area (Å²) in [6, 6.07) is 8.06. The molecule has 0 atom stereocenters. The third kappa shape index (κ3) is 3.96. The number of ether oxygens (including phenoxy) is 1. The van der Waals surface area contributed by atoms with E-state index in [2.05, 4.69) is 22.6 Å². The minimum Gasteiger partial charge on any atom is -0.463 e. The smallest absolute Gasteiger partial charge is 0.334 e. The molecule has 0 aromatic heterocycles. The first kappa shape index (κ1) is 13.2. The number of carbonyl (C=O) groups excluding carboxylic acids is 1. The predicted octanol–water partition coefficient (Wildman–Crippen LogP) is 3.38. The van der Waals surface area contributed by atoms with Gasteiger partial charge in [-0.1, -0.05) is 52.4 Å². The number of rotatable bonds is 4. The fourth-order valence-corrected chi connectivity index (χ4v) is 1.77. The summed E-state index contributed by atoms with van der Waals surface area (Å²) in [4.78, 5) is 11.6. The van der Waals surface area contributed by atoms with E-state index in [4.69, 9.17) is 4.74 Å². The van der Waals surface area contributed by atoms with Gasteiger partial charge in [0.25, 0.3) is 0 Å². The Morgan fingerprint density at radius 1 is 1.38 bits per heavy atom. The minimum atomic E-state index is -0.225. The molecule has 0 heterocycles. The van der Waals surface area contributed by atoms with Gasteiger partial charge in [0, 0.05) is 10.0 Å². The van der Waals surface area contributed by atoms with E-state index in [1.54, 1.807) is 0 Å². The lowest BCUT2D eigenvalue weighted by Gasteiger charge is -2.04. The van der Waals surface area contributed by atoms with E-state index in [0.29, 0.717) is 16.6 Å². The van der Waals surface area contributed by atoms with Crippen LogP contribution in [0.3, 0.4) is 0 Å². The maximum atomic E-state index is 11.6. The lowest BCUT2D eigenvalue weighted by Crippen LogP contribution is -2.08. The molecule has 0 N–H and O–H groups in total. The number of carbonyl (C=O) groups is 1. The zero-order valence-corrected chi connectivity index (χ0v) is 11.7. The first-order valence-electron chi connectivity index (χ1n) is 5.17. The third-order valence-corrected chi connectivity index (χ3v) is 2.92. The summed E-state index contributed by atoms with van der Waals surface area (Å²) in [6.07, 6.45) is 1.88. The largest absolute Gasteiger partial charge is 0.463 e. The molecule has 0 aliphatic rings. The normalized spacial score (nSPS) is 11.3. The summed E-state index contributed by atoms with van der Waals surface area (Å²) in [7, 11) is 0. The van der Waals surface area contributed by atoms with E-state index in [9.17, 15) is 4.79 Å². The number of alkyl halides is 1. The highest BCUT2D eigenvalue weighted by Gasteiger charge is 2.08. The SMILES string of the molecule is CCOC(=O)/C(=C/c1ccc(C)cc1)CI. The van der Waals surface area contributed by atoms with Gasteiger partial charge < -0.3 is 4.74 Å². The zero-order valence-electron chi connectivity index (χ0n) is 9.50. The van der Waals surface area contributed by atoms with Crippen molar-refractivity contribution in [3.05, 3.63) is 41.0 Å². The number of esters is 1. The molecule has 0 bridgehead atoms. The minimum absolute atomic E-state index is 0.225. The molecule has 0 fully saturated rings. The molecule has 86 valence electrons. The van der Waals surface area contributed by atoms with Gasteiger partial charge in [-0.3, -0.25) is 0 Å². The van der Waals surface area contributed by atoms with Crippen molar-refractivity contribution in [2.24, 2.45) is 0 Å². The van der Waals surface area contributed by atoms with Gasteiger partial charge in [0.15, 0.2) is 0 Å². The van der Waals surface area contributed by atoms with Gasteiger partial charge in [-0.25, -0.2) is 4.79 Å². The highest BCUT2D eigenvalue weighted by molar-refractivity contribution is 14.1. The van der Waals surface area contributed by atoms with Crippen LogP contribution < -0.4 is 0 Å².